The van der Waals surface area contributed by atoms with Crippen LogP contribution in [0.25, 0.3) is 0 Å². The van der Waals surface area contributed by atoms with Gasteiger partial charge in [0.2, 0.25) is 5.91 Å². The highest BCUT2D eigenvalue weighted by molar-refractivity contribution is 7.10. The summed E-state index contributed by atoms with van der Waals surface area (Å²) in [7, 11) is 0. The lowest BCUT2D eigenvalue weighted by Crippen LogP contribution is -2.44. The lowest BCUT2D eigenvalue weighted by molar-refractivity contribution is -0.147. The smallest absolute Gasteiger partial charge is 0.344 e. The van der Waals surface area contributed by atoms with Gasteiger partial charge in [0.1, 0.15) is 17.6 Å². The minimum absolute atomic E-state index is 0.101. The molecule has 1 heterocycles. The number of thiophene rings is 1. The van der Waals surface area contributed by atoms with Crippen LogP contribution >= 0.6 is 11.3 Å². The van der Waals surface area contributed by atoms with Crippen molar-refractivity contribution in [3.63, 3.8) is 0 Å². The fraction of sp³-hybridized carbons (Fsp3) is 0.250. The Morgan fingerprint density at radius 2 is 1.81 bits per heavy atom. The number of nitrogens with one attached hydrogen (secondary N) is 2. The molecule has 1 amide bonds. The zero-order valence-electron chi connectivity index (χ0n) is 16.5. The summed E-state index contributed by atoms with van der Waals surface area (Å²) in [5, 5.41) is 28.9. The molecule has 10 nitrogen and oxygen atoms in total. The average molecular weight is 447 g/mol. The summed E-state index contributed by atoms with van der Waals surface area (Å²) in [6, 6.07) is 6.20. The van der Waals surface area contributed by atoms with E-state index in [4.69, 9.17) is 26.1 Å². The number of nitrogens with two attached hydrogens (primary N) is 1. The molecule has 1 aromatic heterocycles. The van der Waals surface area contributed by atoms with Gasteiger partial charge in [-0.15, -0.1) is 11.3 Å². The van der Waals surface area contributed by atoms with Crippen LogP contribution in [0.4, 0.5) is 0 Å². The fourth-order valence-electron chi connectivity index (χ4n) is 2.55. The van der Waals surface area contributed by atoms with Crippen LogP contribution in [0.3, 0.4) is 0 Å². The molecule has 0 saturated heterocycles. The van der Waals surface area contributed by atoms with Gasteiger partial charge in [-0.3, -0.25) is 15.0 Å². The van der Waals surface area contributed by atoms with Crippen LogP contribution in [0, 0.1) is 11.3 Å². The van der Waals surface area contributed by atoms with Crippen LogP contribution in [-0.2, 0) is 20.8 Å². The Hall–Kier alpha value is -3.73. The number of carbonyl (C=O) groups excluding carboxylic acids is 2. The molecule has 1 aromatic carbocycles. The van der Waals surface area contributed by atoms with Gasteiger partial charge in [-0.2, -0.15) is 0 Å². The molecular formula is C20H21N3O7S. The summed E-state index contributed by atoms with van der Waals surface area (Å²) in [6.45, 7) is 1.57. The van der Waals surface area contributed by atoms with Gasteiger partial charge in [0.25, 0.3) is 0 Å². The largest absolute Gasteiger partial charge is 0.481 e. The van der Waals surface area contributed by atoms with Gasteiger partial charge in [-0.25, -0.2) is 9.59 Å². The Labute approximate surface area is 181 Å². The number of carboxylic acids is 2. The average Bonchev–Trinajstić information content (AvgIpc) is 3.16. The van der Waals surface area contributed by atoms with Crippen LogP contribution in [0.2, 0.25) is 0 Å². The van der Waals surface area contributed by atoms with E-state index >= 15 is 0 Å². The van der Waals surface area contributed by atoms with Crippen LogP contribution in [0.15, 0.2) is 35.7 Å². The number of amidine groups is 1. The number of hydrogen-bond acceptors (Lipinski definition) is 7. The van der Waals surface area contributed by atoms with Gasteiger partial charge in [0.15, 0.2) is 0 Å². The number of nitrogen functional groups attached to an aromatic ring is 1. The predicted octanol–water partition coefficient (Wildman–Crippen LogP) is 1.47. The van der Waals surface area contributed by atoms with Crippen molar-refractivity contribution in [3.05, 3.63) is 51.7 Å². The molecule has 0 radical (unpaired) electrons. The summed E-state index contributed by atoms with van der Waals surface area (Å²) < 4.78 is 5.27. The molecule has 0 aliphatic rings. The topological polar surface area (TPSA) is 180 Å². The molecule has 0 aliphatic carbocycles. The third-order valence-electron chi connectivity index (χ3n) is 4.21. The van der Waals surface area contributed by atoms with Gasteiger partial charge in [-0.1, -0.05) is 6.92 Å². The highest BCUT2D eigenvalue weighted by atomic mass is 32.1. The summed E-state index contributed by atoms with van der Waals surface area (Å²) in [5.41, 5.74) is 6.16. The van der Waals surface area contributed by atoms with Crippen molar-refractivity contribution < 1.29 is 34.1 Å². The maximum Gasteiger partial charge on any atom is 0.344 e. The van der Waals surface area contributed by atoms with Gasteiger partial charge in [-0.05, 0) is 36.8 Å². The molecule has 2 atom stereocenters. The van der Waals surface area contributed by atoms with Crippen LogP contribution in [0.1, 0.15) is 34.1 Å². The maximum atomic E-state index is 12.3. The Balaban J connectivity index is 1.95. The van der Waals surface area contributed by atoms with Crippen molar-refractivity contribution in [1.82, 2.24) is 5.32 Å². The number of hydrogen-bond donors (Lipinski definition) is 5. The number of benzene rings is 1. The Morgan fingerprint density at radius 3 is 2.35 bits per heavy atom. The molecule has 164 valence electrons. The number of carbonyl (C=O) groups is 4. The van der Waals surface area contributed by atoms with E-state index in [1.807, 2.05) is 0 Å². The SMILES string of the molecule is CC(Cc1cc(C(=O)Oc2ccc(C(=N)N)cc2)cs1)C(=O)N[C@@H](CC(=O)O)C(=O)O. The minimum Gasteiger partial charge on any atom is -0.481 e. The lowest BCUT2D eigenvalue weighted by Gasteiger charge is -2.16. The molecule has 2 rings (SSSR count). The Bertz CT molecular complexity index is 1000. The summed E-state index contributed by atoms with van der Waals surface area (Å²) >= 11 is 1.24. The first-order chi connectivity index (χ1) is 14.6. The molecule has 0 bridgehead atoms. The first-order valence-electron chi connectivity index (χ1n) is 9.05. The molecule has 1 unspecified atom stereocenters. The number of aliphatic carboxylic acids is 2. The van der Waals surface area contributed by atoms with E-state index in [1.165, 1.54) is 23.5 Å². The summed E-state index contributed by atoms with van der Waals surface area (Å²) in [4.78, 5) is 47.0. The third-order valence-corrected chi connectivity index (χ3v) is 5.17. The van der Waals surface area contributed by atoms with E-state index in [0.29, 0.717) is 10.4 Å². The van der Waals surface area contributed by atoms with Crippen molar-refractivity contribution in [3.8, 4) is 5.75 Å². The molecule has 0 fully saturated rings. The highest BCUT2D eigenvalue weighted by Gasteiger charge is 2.26. The zero-order valence-corrected chi connectivity index (χ0v) is 17.3. The Kier molecular flexibility index (Phi) is 7.86. The molecular weight excluding hydrogens is 426 g/mol. The standard InChI is InChI=1S/C20H21N3O7S/c1-10(18(26)23-15(19(27)28)8-16(24)25)6-14-7-12(9-31-14)20(29)30-13-4-2-11(3-5-13)17(21)22/h2-5,7,9-10,15H,6,8H2,1H3,(H3,21,22)(H,23,26)(H,24,25)(H,27,28)/t10?,15-/m0/s1. The van der Waals surface area contributed by atoms with Crippen molar-refractivity contribution in [2.75, 3.05) is 0 Å². The highest BCUT2D eigenvalue weighted by Crippen LogP contribution is 2.21. The van der Waals surface area contributed by atoms with E-state index in [1.54, 1.807) is 30.5 Å². The summed E-state index contributed by atoms with van der Waals surface area (Å²) in [5.74, 6) is -4.42. The number of ether oxygens (including phenoxy) is 1. The lowest BCUT2D eigenvalue weighted by atomic mass is 10.0. The fourth-order valence-corrected chi connectivity index (χ4v) is 3.53. The van der Waals surface area contributed by atoms with E-state index in [0.717, 1.165) is 0 Å². The predicted molar refractivity (Wildman–Crippen MR) is 111 cm³/mol. The van der Waals surface area contributed by atoms with Crippen molar-refractivity contribution in [1.29, 1.82) is 5.41 Å². The second kappa shape index (κ2) is 10.3. The van der Waals surface area contributed by atoms with Gasteiger partial charge < -0.3 is 26.0 Å². The molecule has 0 saturated carbocycles. The zero-order chi connectivity index (χ0) is 23.1. The molecule has 6 N–H and O–H groups in total. The molecule has 11 heteroatoms. The van der Waals surface area contributed by atoms with E-state index in [9.17, 15) is 19.2 Å². The normalized spacial score (nSPS) is 12.4. The third kappa shape index (κ3) is 6.93. The van der Waals surface area contributed by atoms with Crippen LogP contribution in [-0.4, -0.2) is 45.9 Å². The summed E-state index contributed by atoms with van der Waals surface area (Å²) in [6.07, 6.45) is -0.493. The molecule has 0 aliphatic heterocycles. The first kappa shape index (κ1) is 23.5. The number of amides is 1. The second-order valence-electron chi connectivity index (χ2n) is 6.73. The van der Waals surface area contributed by atoms with Gasteiger partial charge in [0, 0.05) is 21.7 Å². The van der Waals surface area contributed by atoms with Crippen LogP contribution in [0.5, 0.6) is 5.75 Å². The first-order valence-corrected chi connectivity index (χ1v) is 9.93. The minimum atomic E-state index is -1.52. The quantitative estimate of drug-likeness (QED) is 0.157. The number of carboxylic acid groups (broad SMARTS) is 2. The van der Waals surface area contributed by atoms with E-state index in [2.05, 4.69) is 5.32 Å². The van der Waals surface area contributed by atoms with Crippen LogP contribution < -0.4 is 15.8 Å². The van der Waals surface area contributed by atoms with Crippen molar-refractivity contribution in [2.24, 2.45) is 11.7 Å². The molecule has 31 heavy (non-hydrogen) atoms. The molecule has 2 aromatic rings. The number of esters is 1. The number of rotatable bonds is 10. The van der Waals surface area contributed by atoms with E-state index in [-0.39, 0.29) is 23.6 Å². The molecule has 0 spiro atoms. The van der Waals surface area contributed by atoms with Gasteiger partial charge in [0.05, 0.1) is 12.0 Å². The monoisotopic (exact) mass is 447 g/mol. The van der Waals surface area contributed by atoms with E-state index < -0.39 is 42.2 Å². The Morgan fingerprint density at radius 1 is 1.16 bits per heavy atom. The van der Waals surface area contributed by atoms with Crippen molar-refractivity contribution in [2.45, 2.75) is 25.8 Å². The van der Waals surface area contributed by atoms with Crippen molar-refractivity contribution >= 4 is 41.0 Å². The maximum absolute atomic E-state index is 12.3. The second-order valence-corrected chi connectivity index (χ2v) is 7.73. The van der Waals surface area contributed by atoms with Gasteiger partial charge >= 0.3 is 17.9 Å².